The highest BCUT2D eigenvalue weighted by Crippen LogP contribution is 2.39. The van der Waals surface area contributed by atoms with Crippen molar-refractivity contribution >= 4 is 44.3 Å². The molecule has 9 heteroatoms. The number of nitrogens with one attached hydrogen (secondary N) is 1. The molecule has 4 aromatic rings. The highest BCUT2D eigenvalue weighted by Gasteiger charge is 2.25. The Kier molecular flexibility index (Phi) is 6.56. The predicted octanol–water partition coefficient (Wildman–Crippen LogP) is 5.30. The minimum absolute atomic E-state index is 0.263. The summed E-state index contributed by atoms with van der Waals surface area (Å²) in [6, 6.07) is 9.73. The van der Waals surface area contributed by atoms with Crippen LogP contribution in [0, 0.1) is 0 Å². The summed E-state index contributed by atoms with van der Waals surface area (Å²) in [5, 5.41) is 8.43. The fraction of sp³-hybridized carbons (Fsp3) is 0.280. The number of nitrogens with two attached hydrogens (primary N) is 1. The number of carbonyl (C=O) groups excluding carboxylic acids is 1. The van der Waals surface area contributed by atoms with Crippen molar-refractivity contribution in [3.63, 3.8) is 0 Å². The molecule has 34 heavy (non-hydrogen) atoms. The Morgan fingerprint density at radius 2 is 2.09 bits per heavy atom. The number of carbonyl (C=O) groups is 1. The molecule has 0 saturated carbocycles. The summed E-state index contributed by atoms with van der Waals surface area (Å²) in [6.07, 6.45) is 5.54. The lowest BCUT2D eigenvalue weighted by Crippen LogP contribution is -2.40. The molecule has 0 aliphatic rings. The zero-order valence-electron chi connectivity index (χ0n) is 19.4. The van der Waals surface area contributed by atoms with Crippen LogP contribution in [0.1, 0.15) is 32.9 Å². The molecule has 1 aromatic carbocycles. The van der Waals surface area contributed by atoms with Gasteiger partial charge in [0.2, 0.25) is 0 Å². The third-order valence-electron chi connectivity index (χ3n) is 5.27. The van der Waals surface area contributed by atoms with Crippen LogP contribution >= 0.6 is 15.9 Å². The van der Waals surface area contributed by atoms with Crippen LogP contribution in [0.25, 0.3) is 27.5 Å². The van der Waals surface area contributed by atoms with Crippen molar-refractivity contribution < 1.29 is 9.53 Å². The second kappa shape index (κ2) is 9.42. The maximum absolute atomic E-state index is 12.4. The van der Waals surface area contributed by atoms with E-state index >= 15 is 0 Å². The number of rotatable bonds is 6. The highest BCUT2D eigenvalue weighted by molar-refractivity contribution is 9.10. The fourth-order valence-electron chi connectivity index (χ4n) is 3.90. The lowest BCUT2D eigenvalue weighted by Gasteiger charge is -2.23. The maximum atomic E-state index is 12.4. The summed E-state index contributed by atoms with van der Waals surface area (Å²) in [5.74, 6) is 0.352. The molecular formula is C25H27BrN6O2. The molecule has 1 atom stereocenters. The number of hydrogen-bond donors (Lipinski definition) is 2. The van der Waals surface area contributed by atoms with Crippen molar-refractivity contribution in [2.24, 2.45) is 0 Å². The van der Waals surface area contributed by atoms with Crippen LogP contribution in [0.2, 0.25) is 0 Å². The van der Waals surface area contributed by atoms with Crippen molar-refractivity contribution in [1.82, 2.24) is 24.9 Å². The monoisotopic (exact) mass is 522 g/mol. The van der Waals surface area contributed by atoms with Gasteiger partial charge < -0.3 is 15.8 Å². The Bertz CT molecular complexity index is 1380. The zero-order chi connectivity index (χ0) is 24.5. The Morgan fingerprint density at radius 1 is 1.32 bits per heavy atom. The number of nitrogen functional groups attached to an aromatic ring is 1. The van der Waals surface area contributed by atoms with Gasteiger partial charge in [0.1, 0.15) is 17.4 Å². The van der Waals surface area contributed by atoms with Gasteiger partial charge >= 0.3 is 6.09 Å². The molecule has 1 amide bonds. The van der Waals surface area contributed by atoms with Gasteiger partial charge in [0.05, 0.1) is 11.2 Å². The van der Waals surface area contributed by atoms with Gasteiger partial charge in [-0.3, -0.25) is 4.98 Å². The number of benzene rings is 1. The topological polar surface area (TPSA) is 107 Å². The summed E-state index contributed by atoms with van der Waals surface area (Å²) in [6.45, 7) is 9.33. The standard InChI is InChI=1S/C25H27BrN6O2/c1-5-8-17(31-24(33)34-25(2,3)4)12-19-21(26)20(22-23(27)29-14-30-32(19)22)16-11-15-9-6-7-10-18(15)28-13-16/h5-7,9-11,13-14,17H,1,8,12H2,2-4H3,(H,31,33)(H2,27,29,30). The van der Waals surface area contributed by atoms with Gasteiger partial charge in [0.25, 0.3) is 0 Å². The van der Waals surface area contributed by atoms with Crippen LogP contribution in [0.15, 0.2) is 60.0 Å². The molecule has 4 rings (SSSR count). The van der Waals surface area contributed by atoms with E-state index in [1.807, 2.05) is 51.2 Å². The smallest absolute Gasteiger partial charge is 0.407 e. The Morgan fingerprint density at radius 3 is 2.82 bits per heavy atom. The van der Waals surface area contributed by atoms with E-state index in [4.69, 9.17) is 10.5 Å². The van der Waals surface area contributed by atoms with Gasteiger partial charge in [-0.05, 0) is 55.3 Å². The molecule has 0 aliphatic heterocycles. The molecule has 1 unspecified atom stereocenters. The lowest BCUT2D eigenvalue weighted by molar-refractivity contribution is 0.0504. The summed E-state index contributed by atoms with van der Waals surface area (Å²) >= 11 is 3.78. The quantitative estimate of drug-likeness (QED) is 0.332. The first-order valence-electron chi connectivity index (χ1n) is 10.9. The zero-order valence-corrected chi connectivity index (χ0v) is 21.0. The van der Waals surface area contributed by atoms with Crippen LogP contribution in [-0.2, 0) is 11.2 Å². The first-order chi connectivity index (χ1) is 16.2. The fourth-order valence-corrected chi connectivity index (χ4v) is 4.64. The number of fused-ring (bicyclic) bond motifs is 2. The van der Waals surface area contributed by atoms with Crippen LogP contribution in [-0.4, -0.2) is 37.3 Å². The number of anilines is 1. The van der Waals surface area contributed by atoms with Gasteiger partial charge in [-0.15, -0.1) is 6.58 Å². The van der Waals surface area contributed by atoms with Gasteiger partial charge in [-0.25, -0.2) is 14.3 Å². The largest absolute Gasteiger partial charge is 0.444 e. The van der Waals surface area contributed by atoms with Crippen molar-refractivity contribution in [3.8, 4) is 11.1 Å². The molecular weight excluding hydrogens is 496 g/mol. The van der Waals surface area contributed by atoms with E-state index in [2.05, 4.69) is 49.0 Å². The second-order valence-corrected chi connectivity index (χ2v) is 9.82. The third kappa shape index (κ3) is 4.89. The molecule has 3 N–H and O–H groups in total. The van der Waals surface area contributed by atoms with E-state index in [0.717, 1.165) is 32.2 Å². The molecule has 0 radical (unpaired) electrons. The van der Waals surface area contributed by atoms with E-state index in [0.29, 0.717) is 24.2 Å². The maximum Gasteiger partial charge on any atom is 0.407 e. The average Bonchev–Trinajstić information content (AvgIpc) is 3.05. The van der Waals surface area contributed by atoms with Crippen molar-refractivity contribution in [2.45, 2.75) is 45.3 Å². The third-order valence-corrected chi connectivity index (χ3v) is 6.13. The van der Waals surface area contributed by atoms with Crippen molar-refractivity contribution in [2.75, 3.05) is 5.73 Å². The van der Waals surface area contributed by atoms with Crippen LogP contribution in [0.4, 0.5) is 10.6 Å². The second-order valence-electron chi connectivity index (χ2n) is 9.03. The Hall–Kier alpha value is -3.46. The number of para-hydroxylation sites is 1. The molecule has 0 bridgehead atoms. The lowest BCUT2D eigenvalue weighted by atomic mass is 10.0. The minimum atomic E-state index is -0.594. The number of nitrogens with zero attached hydrogens (tertiary/aromatic N) is 4. The molecule has 0 spiro atoms. The molecule has 3 heterocycles. The van der Waals surface area contributed by atoms with Gasteiger partial charge in [-0.2, -0.15) is 5.10 Å². The van der Waals surface area contributed by atoms with E-state index in [1.165, 1.54) is 6.33 Å². The Balaban J connectivity index is 1.79. The van der Waals surface area contributed by atoms with E-state index < -0.39 is 11.7 Å². The molecule has 0 aliphatic carbocycles. The summed E-state index contributed by atoms with van der Waals surface area (Å²) in [4.78, 5) is 21.3. The van der Waals surface area contributed by atoms with Gasteiger partial charge in [-0.1, -0.05) is 24.3 Å². The number of ether oxygens (including phenoxy) is 1. The first kappa shape index (κ1) is 23.7. The first-order valence-corrected chi connectivity index (χ1v) is 11.7. The number of amides is 1. The summed E-state index contributed by atoms with van der Waals surface area (Å²) < 4.78 is 8.03. The number of aromatic nitrogens is 4. The van der Waals surface area contributed by atoms with E-state index in [1.54, 1.807) is 10.6 Å². The van der Waals surface area contributed by atoms with E-state index in [9.17, 15) is 4.79 Å². The summed E-state index contributed by atoms with van der Waals surface area (Å²) in [7, 11) is 0. The van der Waals surface area contributed by atoms with Gasteiger partial charge in [0, 0.05) is 39.6 Å². The number of halogens is 1. The number of alkyl carbamates (subject to hydrolysis) is 1. The SMILES string of the molecule is C=CCC(Cc1c(Br)c(-c2cnc3ccccc3c2)c2c(N)ncnn12)NC(=O)OC(C)(C)C. The highest BCUT2D eigenvalue weighted by atomic mass is 79.9. The van der Waals surface area contributed by atoms with Crippen LogP contribution in [0.3, 0.4) is 0 Å². The molecule has 8 nitrogen and oxygen atoms in total. The Labute approximate surface area is 206 Å². The minimum Gasteiger partial charge on any atom is -0.444 e. The number of pyridine rings is 1. The molecule has 176 valence electrons. The number of hydrogen-bond acceptors (Lipinski definition) is 6. The van der Waals surface area contributed by atoms with E-state index in [-0.39, 0.29) is 6.04 Å². The normalized spacial score (nSPS) is 12.6. The van der Waals surface area contributed by atoms with Crippen LogP contribution in [0.5, 0.6) is 0 Å². The average molecular weight is 523 g/mol. The summed E-state index contributed by atoms with van der Waals surface area (Å²) in [5.41, 5.74) is 9.87. The van der Waals surface area contributed by atoms with Crippen LogP contribution < -0.4 is 11.1 Å². The predicted molar refractivity (Wildman–Crippen MR) is 138 cm³/mol. The molecule has 3 aromatic heterocycles. The van der Waals surface area contributed by atoms with Crippen molar-refractivity contribution in [1.29, 1.82) is 0 Å². The van der Waals surface area contributed by atoms with Crippen molar-refractivity contribution in [3.05, 3.63) is 65.7 Å². The van der Waals surface area contributed by atoms with Gasteiger partial charge in [0.15, 0.2) is 5.82 Å². The molecule has 0 saturated heterocycles. The molecule has 0 fully saturated rings.